The first-order valence-corrected chi connectivity index (χ1v) is 10.5. The zero-order valence-corrected chi connectivity index (χ0v) is 18.0. The number of carbonyl (C=O) groups excluding carboxylic acids is 1. The number of methoxy groups -OCH3 is 1. The summed E-state index contributed by atoms with van der Waals surface area (Å²) in [4.78, 5) is 13.7. The second kappa shape index (κ2) is 9.62. The first kappa shape index (κ1) is 20.9. The minimum Gasteiger partial charge on any atom is -0.493 e. The fourth-order valence-corrected chi connectivity index (χ4v) is 3.83. The fourth-order valence-electron chi connectivity index (χ4n) is 3.83. The van der Waals surface area contributed by atoms with Crippen molar-refractivity contribution in [3.63, 3.8) is 0 Å². The molecule has 4 rings (SSSR count). The highest BCUT2D eigenvalue weighted by molar-refractivity contribution is 5.85. The van der Waals surface area contributed by atoms with Gasteiger partial charge in [0.25, 0.3) is 0 Å². The number of hydrazone groups is 1. The molecule has 31 heavy (non-hydrogen) atoms. The molecule has 0 bridgehead atoms. The molecule has 0 aliphatic carbocycles. The van der Waals surface area contributed by atoms with E-state index in [1.165, 1.54) is 23.3 Å². The fraction of sp³-hybridized carbons (Fsp3) is 0.280. The number of piperazine rings is 1. The summed E-state index contributed by atoms with van der Waals surface area (Å²) in [5.41, 5.74) is 2.26. The van der Waals surface area contributed by atoms with Crippen molar-refractivity contribution in [2.24, 2.45) is 5.10 Å². The van der Waals surface area contributed by atoms with Crippen molar-refractivity contribution in [1.82, 2.24) is 9.91 Å². The van der Waals surface area contributed by atoms with Crippen LogP contribution in [0.3, 0.4) is 0 Å². The molecule has 0 saturated carbocycles. The Morgan fingerprint density at radius 2 is 1.77 bits per heavy atom. The van der Waals surface area contributed by atoms with Crippen LogP contribution in [0.25, 0.3) is 10.8 Å². The van der Waals surface area contributed by atoms with Gasteiger partial charge in [-0.3, -0.25) is 14.7 Å². The largest absolute Gasteiger partial charge is 0.493 e. The molecule has 0 spiro atoms. The van der Waals surface area contributed by atoms with Crippen molar-refractivity contribution < 1.29 is 14.3 Å². The van der Waals surface area contributed by atoms with E-state index in [1.54, 1.807) is 13.2 Å². The van der Waals surface area contributed by atoms with Gasteiger partial charge in [-0.1, -0.05) is 42.5 Å². The molecule has 0 amide bonds. The van der Waals surface area contributed by atoms with Crippen LogP contribution < -0.4 is 9.47 Å². The Labute approximate surface area is 182 Å². The first-order valence-electron chi connectivity index (χ1n) is 10.5. The molecular formula is C25H27N3O3. The van der Waals surface area contributed by atoms with E-state index in [0.29, 0.717) is 11.5 Å². The predicted octanol–water partition coefficient (Wildman–Crippen LogP) is 3.93. The van der Waals surface area contributed by atoms with Gasteiger partial charge < -0.3 is 9.47 Å². The van der Waals surface area contributed by atoms with E-state index < -0.39 is 0 Å². The van der Waals surface area contributed by atoms with E-state index in [2.05, 4.69) is 57.5 Å². The number of hydrogen-bond acceptors (Lipinski definition) is 6. The lowest BCUT2D eigenvalue weighted by Gasteiger charge is -2.33. The van der Waals surface area contributed by atoms with Gasteiger partial charge in [-0.15, -0.1) is 0 Å². The summed E-state index contributed by atoms with van der Waals surface area (Å²) in [6.45, 7) is 6.01. The highest BCUT2D eigenvalue weighted by Crippen LogP contribution is 2.27. The Morgan fingerprint density at radius 3 is 2.55 bits per heavy atom. The van der Waals surface area contributed by atoms with E-state index in [-0.39, 0.29) is 5.97 Å². The average molecular weight is 418 g/mol. The summed E-state index contributed by atoms with van der Waals surface area (Å²) in [6.07, 6.45) is 1.82. The summed E-state index contributed by atoms with van der Waals surface area (Å²) in [6, 6.07) is 20.5. The van der Waals surface area contributed by atoms with Crippen LogP contribution in [0.15, 0.2) is 65.8 Å². The van der Waals surface area contributed by atoms with Crippen LogP contribution in [0.4, 0.5) is 0 Å². The average Bonchev–Trinajstić information content (AvgIpc) is 2.79. The molecule has 1 aliphatic rings. The van der Waals surface area contributed by atoms with Crippen LogP contribution in [-0.2, 0) is 11.3 Å². The Bertz CT molecular complexity index is 1080. The van der Waals surface area contributed by atoms with E-state index >= 15 is 0 Å². The summed E-state index contributed by atoms with van der Waals surface area (Å²) in [5.74, 6) is 0.550. The summed E-state index contributed by atoms with van der Waals surface area (Å²) < 4.78 is 10.5. The molecule has 0 aromatic heterocycles. The van der Waals surface area contributed by atoms with Crippen LogP contribution in [0.1, 0.15) is 18.1 Å². The van der Waals surface area contributed by atoms with Crippen LogP contribution in [0.2, 0.25) is 0 Å². The van der Waals surface area contributed by atoms with Gasteiger partial charge in [-0.2, -0.15) is 5.10 Å². The molecule has 0 unspecified atom stereocenters. The minimum atomic E-state index is -0.374. The zero-order valence-electron chi connectivity index (χ0n) is 18.0. The Balaban J connectivity index is 1.35. The Hall–Kier alpha value is -3.38. The standard InChI is InChI=1S/C25H27N3O3/c1-19(29)31-24-11-10-20(16-25(24)30-2)17-26-28-14-12-27(13-15-28)18-22-8-5-7-21-6-3-4-9-23(21)22/h3-11,16-17H,12-15,18H2,1-2H3/b26-17-. The molecule has 160 valence electrons. The van der Waals surface area contributed by atoms with Gasteiger partial charge in [0.1, 0.15) is 0 Å². The molecule has 0 N–H and O–H groups in total. The number of ether oxygens (including phenoxy) is 2. The zero-order chi connectivity index (χ0) is 21.6. The molecule has 6 heteroatoms. The van der Waals surface area contributed by atoms with Gasteiger partial charge in [-0.25, -0.2) is 0 Å². The molecule has 3 aromatic carbocycles. The number of nitrogens with zero attached hydrogens (tertiary/aromatic N) is 3. The quantitative estimate of drug-likeness (QED) is 0.346. The number of fused-ring (bicyclic) bond motifs is 1. The van der Waals surface area contributed by atoms with Crippen LogP contribution >= 0.6 is 0 Å². The van der Waals surface area contributed by atoms with Crippen molar-refractivity contribution in [1.29, 1.82) is 0 Å². The van der Waals surface area contributed by atoms with Gasteiger partial charge in [0, 0.05) is 39.6 Å². The lowest BCUT2D eigenvalue weighted by atomic mass is 10.0. The topological polar surface area (TPSA) is 54.4 Å². The van der Waals surface area contributed by atoms with E-state index in [4.69, 9.17) is 9.47 Å². The van der Waals surface area contributed by atoms with Crippen LogP contribution in [0, 0.1) is 0 Å². The summed E-state index contributed by atoms with van der Waals surface area (Å²) in [7, 11) is 1.55. The molecule has 1 saturated heterocycles. The van der Waals surface area contributed by atoms with E-state index in [0.717, 1.165) is 38.3 Å². The molecular weight excluding hydrogens is 390 g/mol. The Morgan fingerprint density at radius 1 is 1.00 bits per heavy atom. The number of rotatable bonds is 6. The van der Waals surface area contributed by atoms with Crippen molar-refractivity contribution in [2.75, 3.05) is 33.3 Å². The SMILES string of the molecule is COc1cc(/C=N\N2CCN(Cc3cccc4ccccc34)CC2)ccc1OC(C)=O. The monoisotopic (exact) mass is 417 g/mol. The van der Waals surface area contributed by atoms with Gasteiger partial charge >= 0.3 is 5.97 Å². The van der Waals surface area contributed by atoms with E-state index in [1.807, 2.05) is 18.3 Å². The lowest BCUT2D eigenvalue weighted by molar-refractivity contribution is -0.132. The molecule has 0 radical (unpaired) electrons. The van der Waals surface area contributed by atoms with Crippen molar-refractivity contribution in [2.45, 2.75) is 13.5 Å². The maximum absolute atomic E-state index is 11.2. The lowest BCUT2D eigenvalue weighted by Crippen LogP contribution is -2.43. The van der Waals surface area contributed by atoms with Gasteiger partial charge in [-0.05, 0) is 40.1 Å². The number of carbonyl (C=O) groups is 1. The predicted molar refractivity (Wildman–Crippen MR) is 123 cm³/mol. The third-order valence-corrected chi connectivity index (χ3v) is 5.43. The maximum Gasteiger partial charge on any atom is 0.308 e. The summed E-state index contributed by atoms with van der Waals surface area (Å²) >= 11 is 0. The van der Waals surface area contributed by atoms with E-state index in [9.17, 15) is 4.79 Å². The molecule has 3 aromatic rings. The van der Waals surface area contributed by atoms with Crippen molar-refractivity contribution in [3.05, 3.63) is 71.8 Å². The highest BCUT2D eigenvalue weighted by atomic mass is 16.6. The van der Waals surface area contributed by atoms with Gasteiger partial charge in [0.15, 0.2) is 11.5 Å². The van der Waals surface area contributed by atoms with Crippen LogP contribution in [-0.4, -0.2) is 55.4 Å². The van der Waals surface area contributed by atoms with Crippen molar-refractivity contribution in [3.8, 4) is 11.5 Å². The molecule has 1 aliphatic heterocycles. The second-order valence-corrected chi connectivity index (χ2v) is 7.62. The molecule has 1 fully saturated rings. The van der Waals surface area contributed by atoms with Crippen molar-refractivity contribution >= 4 is 23.0 Å². The molecule has 0 atom stereocenters. The summed E-state index contributed by atoms with van der Waals surface area (Å²) in [5, 5.41) is 9.34. The smallest absolute Gasteiger partial charge is 0.308 e. The van der Waals surface area contributed by atoms with Gasteiger partial charge in [0.2, 0.25) is 0 Å². The Kier molecular flexibility index (Phi) is 6.48. The number of esters is 1. The third kappa shape index (κ3) is 5.22. The highest BCUT2D eigenvalue weighted by Gasteiger charge is 2.16. The molecule has 6 nitrogen and oxygen atoms in total. The third-order valence-electron chi connectivity index (χ3n) is 5.43. The number of benzene rings is 3. The van der Waals surface area contributed by atoms with Crippen LogP contribution in [0.5, 0.6) is 11.5 Å². The normalized spacial score (nSPS) is 14.8. The molecule has 1 heterocycles. The second-order valence-electron chi connectivity index (χ2n) is 7.62. The minimum absolute atomic E-state index is 0.374. The van der Waals surface area contributed by atoms with Gasteiger partial charge in [0.05, 0.1) is 13.3 Å². The number of hydrogen-bond donors (Lipinski definition) is 0. The maximum atomic E-state index is 11.2. The first-order chi connectivity index (χ1) is 15.1.